The van der Waals surface area contributed by atoms with Crippen LogP contribution in [0, 0.1) is 0 Å². The van der Waals surface area contributed by atoms with Gasteiger partial charge in [-0.15, -0.1) is 11.3 Å². The molecule has 108 valence electrons. The van der Waals surface area contributed by atoms with Crippen LogP contribution in [0.25, 0.3) is 20.8 Å². The van der Waals surface area contributed by atoms with Crippen molar-refractivity contribution >= 4 is 31.7 Å². The van der Waals surface area contributed by atoms with Crippen LogP contribution in [-0.2, 0) is 10.1 Å². The van der Waals surface area contributed by atoms with Crippen LogP contribution in [0.3, 0.4) is 0 Å². The summed E-state index contributed by atoms with van der Waals surface area (Å²) in [7, 11) is -3.01. The first-order valence-electron chi connectivity index (χ1n) is 6.00. The molecule has 0 fully saturated rings. The zero-order chi connectivity index (χ0) is 15.0. The first-order valence-corrected chi connectivity index (χ1v) is 8.26. The molecule has 22 heavy (non-hydrogen) atoms. The van der Waals surface area contributed by atoms with Gasteiger partial charge in [0.15, 0.2) is 0 Å². The topological polar surface area (TPSA) is 76.5 Å². The standard InChI is InChI=1S/C14H11NO4S2.Na/c1-19-11-7-6-9(8-13(11)21(16,17)18)14-15-10-4-2-3-5-12(10)20-14;/h2-8H,1H3,(H,16,17,18);/q;+1. The van der Waals surface area contributed by atoms with E-state index in [9.17, 15) is 13.0 Å². The third-order valence-corrected chi connectivity index (χ3v) is 4.94. The number of hydrogen-bond acceptors (Lipinski definition) is 5. The van der Waals surface area contributed by atoms with Crippen molar-refractivity contribution in [2.45, 2.75) is 4.90 Å². The molecule has 0 unspecified atom stereocenters. The maximum absolute atomic E-state index is 11.4. The summed E-state index contributed by atoms with van der Waals surface area (Å²) >= 11 is 1.45. The van der Waals surface area contributed by atoms with Gasteiger partial charge in [-0.1, -0.05) is 12.1 Å². The molecule has 2 aromatic carbocycles. The fourth-order valence-corrected chi connectivity index (χ4v) is 3.65. The van der Waals surface area contributed by atoms with Crippen molar-refractivity contribution in [2.75, 3.05) is 7.11 Å². The molecule has 1 N–H and O–H groups in total. The average molecular weight is 344 g/mol. The van der Waals surface area contributed by atoms with Gasteiger partial charge in [-0.25, -0.2) is 4.98 Å². The van der Waals surface area contributed by atoms with E-state index >= 15 is 0 Å². The quantitative estimate of drug-likeness (QED) is 0.543. The number of rotatable bonds is 3. The Labute approximate surface area is 154 Å². The van der Waals surface area contributed by atoms with Crippen molar-refractivity contribution in [3.8, 4) is 16.3 Å². The van der Waals surface area contributed by atoms with E-state index in [-0.39, 0.29) is 40.2 Å². The summed E-state index contributed by atoms with van der Waals surface area (Å²) in [5, 5.41) is 0.684. The van der Waals surface area contributed by atoms with Gasteiger partial charge in [0.05, 0.1) is 17.3 Å². The number of fused-ring (bicyclic) bond motifs is 1. The molecule has 1 aromatic heterocycles. The third kappa shape index (κ3) is 3.34. The van der Waals surface area contributed by atoms with Gasteiger partial charge in [-0.2, -0.15) is 8.42 Å². The van der Waals surface area contributed by atoms with Gasteiger partial charge >= 0.3 is 29.6 Å². The molecular formula is C14H11NNaO4S2+. The van der Waals surface area contributed by atoms with Gasteiger partial charge in [-0.3, -0.25) is 4.55 Å². The summed E-state index contributed by atoms with van der Waals surface area (Å²) in [6, 6.07) is 12.2. The van der Waals surface area contributed by atoms with Crippen LogP contribution < -0.4 is 34.3 Å². The van der Waals surface area contributed by atoms with Crippen LogP contribution in [-0.4, -0.2) is 25.1 Å². The molecule has 0 saturated heterocycles. The molecule has 0 amide bonds. The molecule has 0 aliphatic heterocycles. The van der Waals surface area contributed by atoms with E-state index in [0.717, 1.165) is 10.2 Å². The van der Waals surface area contributed by atoms with Gasteiger partial charge in [0, 0.05) is 5.56 Å². The summed E-state index contributed by atoms with van der Waals surface area (Å²) < 4.78 is 38.1. The van der Waals surface area contributed by atoms with Crippen LogP contribution in [0.2, 0.25) is 0 Å². The molecule has 0 radical (unpaired) electrons. The fourth-order valence-electron chi connectivity index (χ4n) is 2.01. The second-order valence-corrected chi connectivity index (χ2v) is 6.75. The second kappa shape index (κ2) is 6.66. The zero-order valence-electron chi connectivity index (χ0n) is 12.0. The molecule has 8 heteroatoms. The predicted molar refractivity (Wildman–Crippen MR) is 81.4 cm³/mol. The number of ether oxygens (including phenoxy) is 1. The molecule has 0 spiro atoms. The Bertz CT molecular complexity index is 888. The zero-order valence-corrected chi connectivity index (χ0v) is 15.6. The van der Waals surface area contributed by atoms with Gasteiger partial charge < -0.3 is 4.74 Å². The molecule has 0 saturated carbocycles. The SMILES string of the molecule is COc1ccc(-c2nc3ccccc3s2)cc1S(=O)(=O)O.[Na+]. The first-order chi connectivity index (χ1) is 9.99. The van der Waals surface area contributed by atoms with E-state index in [2.05, 4.69) is 4.98 Å². The maximum atomic E-state index is 11.4. The Morgan fingerprint density at radius 1 is 1.18 bits per heavy atom. The third-order valence-electron chi connectivity index (χ3n) is 2.98. The first kappa shape index (κ1) is 17.4. The molecule has 5 nitrogen and oxygen atoms in total. The smallest absolute Gasteiger partial charge is 0.495 e. The summed E-state index contributed by atoms with van der Waals surface area (Å²) in [6.45, 7) is 0. The summed E-state index contributed by atoms with van der Waals surface area (Å²) in [6.07, 6.45) is 0. The number of nitrogens with zero attached hydrogens (tertiary/aromatic N) is 1. The number of methoxy groups -OCH3 is 1. The molecule has 0 aliphatic carbocycles. The van der Waals surface area contributed by atoms with E-state index in [1.165, 1.54) is 30.6 Å². The maximum Gasteiger partial charge on any atom is 1.00 e. The van der Waals surface area contributed by atoms with E-state index in [1.54, 1.807) is 6.07 Å². The van der Waals surface area contributed by atoms with Crippen molar-refractivity contribution < 1.29 is 47.3 Å². The summed E-state index contributed by atoms with van der Waals surface area (Å²) in [5.41, 5.74) is 1.46. The van der Waals surface area contributed by atoms with Crippen LogP contribution >= 0.6 is 11.3 Å². The van der Waals surface area contributed by atoms with E-state index in [4.69, 9.17) is 4.74 Å². The number of para-hydroxylation sites is 1. The minimum Gasteiger partial charge on any atom is -0.495 e. The Morgan fingerprint density at radius 3 is 2.55 bits per heavy atom. The molecule has 3 aromatic rings. The summed E-state index contributed by atoms with van der Waals surface area (Å²) in [4.78, 5) is 4.20. The minimum atomic E-state index is -4.35. The van der Waals surface area contributed by atoms with E-state index in [0.29, 0.717) is 10.6 Å². The normalized spacial score (nSPS) is 11.2. The van der Waals surface area contributed by atoms with Gasteiger partial charge in [0.2, 0.25) is 0 Å². The van der Waals surface area contributed by atoms with Crippen molar-refractivity contribution in [1.29, 1.82) is 0 Å². The monoisotopic (exact) mass is 344 g/mol. The molecule has 1 heterocycles. The minimum absolute atomic E-state index is 0. The fraction of sp³-hybridized carbons (Fsp3) is 0.0714. The van der Waals surface area contributed by atoms with E-state index < -0.39 is 10.1 Å². The Kier molecular flexibility index (Phi) is 5.26. The van der Waals surface area contributed by atoms with Crippen LogP contribution in [0.15, 0.2) is 47.4 Å². The molecule has 0 atom stereocenters. The number of thiazole rings is 1. The van der Waals surface area contributed by atoms with Crippen molar-refractivity contribution in [2.24, 2.45) is 0 Å². The number of aromatic nitrogens is 1. The van der Waals surface area contributed by atoms with Crippen LogP contribution in [0.4, 0.5) is 0 Å². The molecule has 0 bridgehead atoms. The Balaban J connectivity index is 0.00000176. The molecule has 3 rings (SSSR count). The van der Waals surface area contributed by atoms with Crippen LogP contribution in [0.1, 0.15) is 0 Å². The summed E-state index contributed by atoms with van der Waals surface area (Å²) in [5.74, 6) is 0.0994. The number of benzene rings is 2. The van der Waals surface area contributed by atoms with Crippen molar-refractivity contribution in [1.82, 2.24) is 4.98 Å². The Hall–Kier alpha value is -0.960. The predicted octanol–water partition coefficient (Wildman–Crippen LogP) is 0.223. The van der Waals surface area contributed by atoms with E-state index in [1.807, 2.05) is 24.3 Å². The van der Waals surface area contributed by atoms with Gasteiger partial charge in [0.1, 0.15) is 15.7 Å². The van der Waals surface area contributed by atoms with Crippen molar-refractivity contribution in [3.05, 3.63) is 42.5 Å². The largest absolute Gasteiger partial charge is 1.00 e. The second-order valence-electron chi connectivity index (χ2n) is 4.33. The molecular weight excluding hydrogens is 333 g/mol. The number of hydrogen-bond donors (Lipinski definition) is 1. The van der Waals surface area contributed by atoms with Crippen LogP contribution in [0.5, 0.6) is 5.75 Å². The van der Waals surface area contributed by atoms with Gasteiger partial charge in [-0.05, 0) is 30.3 Å². The Morgan fingerprint density at radius 2 is 1.91 bits per heavy atom. The average Bonchev–Trinajstić information content (AvgIpc) is 2.89. The van der Waals surface area contributed by atoms with Gasteiger partial charge in [0.25, 0.3) is 10.1 Å². The van der Waals surface area contributed by atoms with Crippen molar-refractivity contribution in [3.63, 3.8) is 0 Å². The molecule has 0 aliphatic rings.